The van der Waals surface area contributed by atoms with Gasteiger partial charge in [0.2, 0.25) is 0 Å². The van der Waals surface area contributed by atoms with Crippen LogP contribution in [0.5, 0.6) is 0 Å². The van der Waals surface area contributed by atoms with Crippen LogP contribution in [-0.2, 0) is 4.74 Å². The van der Waals surface area contributed by atoms with Crippen LogP contribution >= 0.6 is 0 Å². The summed E-state index contributed by atoms with van der Waals surface area (Å²) in [7, 11) is 0. The lowest BCUT2D eigenvalue weighted by atomic mass is 9.96. The fraction of sp³-hybridized carbons (Fsp3) is 0.562. The van der Waals surface area contributed by atoms with Crippen molar-refractivity contribution in [1.82, 2.24) is 0 Å². The Morgan fingerprint density at radius 3 is 2.58 bits per heavy atom. The van der Waals surface area contributed by atoms with Gasteiger partial charge in [-0.25, -0.2) is 0 Å². The second-order valence-electron chi connectivity index (χ2n) is 5.09. The molecule has 1 aromatic rings. The van der Waals surface area contributed by atoms with E-state index >= 15 is 0 Å². The summed E-state index contributed by atoms with van der Waals surface area (Å²) in [6.07, 6.45) is 5.99. The summed E-state index contributed by atoms with van der Waals surface area (Å²) < 4.78 is 5.78. The maximum atomic E-state index is 6.19. The number of hydrogen-bond donors (Lipinski definition) is 1. The molecule has 0 bridgehead atoms. The Labute approximate surface area is 115 Å². The molecule has 3 nitrogen and oxygen atoms in total. The number of nitrogens with two attached hydrogens (primary N) is 1. The van der Waals surface area contributed by atoms with E-state index < -0.39 is 0 Å². The number of rotatable bonds is 5. The van der Waals surface area contributed by atoms with E-state index in [9.17, 15) is 0 Å². The quantitative estimate of drug-likeness (QED) is 0.651. The zero-order chi connectivity index (χ0) is 13.5. The van der Waals surface area contributed by atoms with Crippen molar-refractivity contribution in [3.8, 4) is 0 Å². The number of nitrogens with zero attached hydrogens (tertiary/aromatic N) is 1. The van der Waals surface area contributed by atoms with E-state index in [1.807, 2.05) is 37.3 Å². The third kappa shape index (κ3) is 4.06. The predicted octanol–water partition coefficient (Wildman–Crippen LogP) is 3.45. The summed E-state index contributed by atoms with van der Waals surface area (Å²) in [5.41, 5.74) is 7.28. The Morgan fingerprint density at radius 2 is 1.95 bits per heavy atom. The highest BCUT2D eigenvalue weighted by Crippen LogP contribution is 2.23. The first-order valence-corrected chi connectivity index (χ1v) is 7.31. The van der Waals surface area contributed by atoms with Crippen molar-refractivity contribution in [1.29, 1.82) is 0 Å². The Kier molecular flexibility index (Phi) is 5.40. The van der Waals surface area contributed by atoms with Crippen molar-refractivity contribution < 1.29 is 4.74 Å². The summed E-state index contributed by atoms with van der Waals surface area (Å²) in [6.45, 7) is 2.63. The Balaban J connectivity index is 2.11. The van der Waals surface area contributed by atoms with E-state index in [1.165, 1.54) is 19.3 Å². The first-order chi connectivity index (χ1) is 9.31. The number of amidine groups is 1. The van der Waals surface area contributed by atoms with Gasteiger partial charge < -0.3 is 10.5 Å². The van der Waals surface area contributed by atoms with Gasteiger partial charge in [0.05, 0.1) is 6.04 Å². The molecule has 1 atom stereocenters. The van der Waals surface area contributed by atoms with Crippen molar-refractivity contribution in [3.63, 3.8) is 0 Å². The fourth-order valence-corrected chi connectivity index (χ4v) is 2.64. The summed E-state index contributed by atoms with van der Waals surface area (Å²) in [4.78, 5) is 4.70. The number of aliphatic imine (C=N–C) groups is 1. The molecule has 1 aliphatic carbocycles. The maximum absolute atomic E-state index is 6.19. The SMILES string of the molecule is CCOC(C(N)=NC1CCCCC1)c1ccccc1. The lowest BCUT2D eigenvalue weighted by Crippen LogP contribution is -2.27. The lowest BCUT2D eigenvalue weighted by molar-refractivity contribution is 0.109. The standard InChI is InChI=1S/C16H24N2O/c1-2-19-15(13-9-5-3-6-10-13)16(17)18-14-11-7-4-8-12-14/h3,5-6,9-10,14-15H,2,4,7-8,11-12H2,1H3,(H2,17,18). The van der Waals surface area contributed by atoms with Gasteiger partial charge >= 0.3 is 0 Å². The van der Waals surface area contributed by atoms with E-state index in [-0.39, 0.29) is 6.10 Å². The molecule has 2 rings (SSSR count). The maximum Gasteiger partial charge on any atom is 0.139 e. The van der Waals surface area contributed by atoms with E-state index in [2.05, 4.69) is 0 Å². The molecule has 0 heterocycles. The topological polar surface area (TPSA) is 47.6 Å². The third-order valence-corrected chi connectivity index (χ3v) is 3.61. The van der Waals surface area contributed by atoms with Crippen molar-refractivity contribution >= 4 is 5.84 Å². The zero-order valence-corrected chi connectivity index (χ0v) is 11.7. The molecule has 0 spiro atoms. The zero-order valence-electron chi connectivity index (χ0n) is 11.7. The molecular formula is C16H24N2O. The molecule has 3 heteroatoms. The fourth-order valence-electron chi connectivity index (χ4n) is 2.64. The van der Waals surface area contributed by atoms with E-state index in [0.29, 0.717) is 18.5 Å². The molecule has 19 heavy (non-hydrogen) atoms. The average molecular weight is 260 g/mol. The minimum absolute atomic E-state index is 0.201. The smallest absolute Gasteiger partial charge is 0.139 e. The largest absolute Gasteiger partial charge is 0.385 e. The van der Waals surface area contributed by atoms with Crippen LogP contribution in [0.4, 0.5) is 0 Å². The minimum atomic E-state index is -0.201. The van der Waals surface area contributed by atoms with Crippen molar-refractivity contribution in [2.24, 2.45) is 10.7 Å². The highest BCUT2D eigenvalue weighted by molar-refractivity contribution is 5.86. The second kappa shape index (κ2) is 7.29. The highest BCUT2D eigenvalue weighted by Gasteiger charge is 2.19. The first kappa shape index (κ1) is 14.1. The average Bonchev–Trinajstić information content (AvgIpc) is 2.46. The molecule has 1 aromatic carbocycles. The van der Waals surface area contributed by atoms with Crippen molar-refractivity contribution in [2.75, 3.05) is 6.61 Å². The molecule has 104 valence electrons. The van der Waals surface area contributed by atoms with Gasteiger partial charge in [-0.15, -0.1) is 0 Å². The monoisotopic (exact) mass is 260 g/mol. The lowest BCUT2D eigenvalue weighted by Gasteiger charge is -2.22. The summed E-state index contributed by atoms with van der Waals surface area (Å²) in [5.74, 6) is 0.625. The summed E-state index contributed by atoms with van der Waals surface area (Å²) in [6, 6.07) is 10.5. The van der Waals surface area contributed by atoms with Gasteiger partial charge in [0, 0.05) is 6.61 Å². The van der Waals surface area contributed by atoms with Gasteiger partial charge in [-0.05, 0) is 25.3 Å². The van der Waals surface area contributed by atoms with Crippen molar-refractivity contribution in [3.05, 3.63) is 35.9 Å². The summed E-state index contributed by atoms with van der Waals surface area (Å²) >= 11 is 0. The van der Waals surface area contributed by atoms with Crippen LogP contribution in [0, 0.1) is 0 Å². The van der Waals surface area contributed by atoms with Gasteiger partial charge in [-0.1, -0.05) is 49.6 Å². The number of hydrogen-bond acceptors (Lipinski definition) is 2. The van der Waals surface area contributed by atoms with Crippen LogP contribution in [0.25, 0.3) is 0 Å². The molecule has 1 unspecified atom stereocenters. The van der Waals surface area contributed by atoms with Crippen LogP contribution < -0.4 is 5.73 Å². The molecular weight excluding hydrogens is 236 g/mol. The van der Waals surface area contributed by atoms with Gasteiger partial charge in [0.1, 0.15) is 11.9 Å². The first-order valence-electron chi connectivity index (χ1n) is 7.31. The summed E-state index contributed by atoms with van der Waals surface area (Å²) in [5, 5.41) is 0. The molecule has 0 saturated heterocycles. The molecule has 2 N–H and O–H groups in total. The van der Waals surface area contributed by atoms with Gasteiger partial charge in [0.25, 0.3) is 0 Å². The third-order valence-electron chi connectivity index (χ3n) is 3.61. The molecule has 0 radical (unpaired) electrons. The highest BCUT2D eigenvalue weighted by atomic mass is 16.5. The van der Waals surface area contributed by atoms with Crippen LogP contribution in [0.15, 0.2) is 35.3 Å². The number of benzene rings is 1. The normalized spacial score (nSPS) is 19.3. The van der Waals surface area contributed by atoms with Crippen LogP contribution in [0.1, 0.15) is 50.7 Å². The minimum Gasteiger partial charge on any atom is -0.385 e. The molecule has 0 aromatic heterocycles. The Morgan fingerprint density at radius 1 is 1.26 bits per heavy atom. The van der Waals surface area contributed by atoms with Crippen LogP contribution in [-0.4, -0.2) is 18.5 Å². The Bertz CT molecular complexity index is 396. The number of ether oxygens (including phenoxy) is 1. The molecule has 1 fully saturated rings. The molecule has 1 aliphatic rings. The van der Waals surface area contributed by atoms with Gasteiger partial charge in [0.15, 0.2) is 0 Å². The van der Waals surface area contributed by atoms with Gasteiger partial charge in [-0.2, -0.15) is 0 Å². The van der Waals surface area contributed by atoms with Crippen molar-refractivity contribution in [2.45, 2.75) is 51.2 Å². The molecule has 1 saturated carbocycles. The van der Waals surface area contributed by atoms with E-state index in [4.69, 9.17) is 15.5 Å². The van der Waals surface area contributed by atoms with E-state index in [0.717, 1.165) is 18.4 Å². The van der Waals surface area contributed by atoms with Crippen LogP contribution in [0.3, 0.4) is 0 Å². The van der Waals surface area contributed by atoms with E-state index in [1.54, 1.807) is 0 Å². The predicted molar refractivity (Wildman–Crippen MR) is 79.3 cm³/mol. The Hall–Kier alpha value is -1.35. The molecule has 0 amide bonds. The van der Waals surface area contributed by atoms with Gasteiger partial charge in [-0.3, -0.25) is 4.99 Å². The molecule has 0 aliphatic heterocycles. The second-order valence-corrected chi connectivity index (χ2v) is 5.09. The van der Waals surface area contributed by atoms with Crippen LogP contribution in [0.2, 0.25) is 0 Å².